The van der Waals surface area contributed by atoms with Crippen LogP contribution >= 0.6 is 11.8 Å². The lowest BCUT2D eigenvalue weighted by Crippen LogP contribution is -2.37. The Labute approximate surface area is 104 Å². The summed E-state index contributed by atoms with van der Waals surface area (Å²) < 4.78 is 0. The van der Waals surface area contributed by atoms with E-state index in [1.165, 1.54) is 23.7 Å². The quantitative estimate of drug-likeness (QED) is 0.580. The molecule has 2 amide bonds. The van der Waals surface area contributed by atoms with Crippen LogP contribution in [0.3, 0.4) is 0 Å². The lowest BCUT2D eigenvalue weighted by Gasteiger charge is -2.15. The molecule has 0 saturated carbocycles. The largest absolute Gasteiger partial charge is 0.358 e. The maximum atomic E-state index is 11.6. The van der Waals surface area contributed by atoms with Crippen molar-refractivity contribution in [2.24, 2.45) is 0 Å². The van der Waals surface area contributed by atoms with Gasteiger partial charge in [-0.3, -0.25) is 9.59 Å². The topological polar surface area (TPSA) is 75.2 Å². The smallest absolute Gasteiger partial charge is 0.239 e. The van der Waals surface area contributed by atoms with Gasteiger partial charge in [-0.25, -0.2) is 9.97 Å². The van der Waals surface area contributed by atoms with Gasteiger partial charge in [-0.15, -0.1) is 0 Å². The third-order valence-electron chi connectivity index (χ3n) is 1.95. The Balaban J connectivity index is 2.37. The average Bonchev–Trinajstić information content (AvgIpc) is 2.36. The molecule has 0 bridgehead atoms. The minimum Gasteiger partial charge on any atom is -0.358 e. The second-order valence-electron chi connectivity index (χ2n) is 3.24. The van der Waals surface area contributed by atoms with Gasteiger partial charge >= 0.3 is 0 Å². The maximum Gasteiger partial charge on any atom is 0.239 e. The molecule has 0 aliphatic rings. The van der Waals surface area contributed by atoms with Gasteiger partial charge in [-0.2, -0.15) is 0 Å². The third kappa shape index (κ3) is 4.81. The van der Waals surface area contributed by atoms with Gasteiger partial charge in [-0.05, 0) is 6.07 Å². The van der Waals surface area contributed by atoms with E-state index < -0.39 is 0 Å². The molecule has 0 fully saturated rings. The van der Waals surface area contributed by atoms with E-state index in [1.807, 2.05) is 0 Å². The van der Waals surface area contributed by atoms with E-state index in [-0.39, 0.29) is 24.1 Å². The molecule has 6 nitrogen and oxygen atoms in total. The Hall–Kier alpha value is -1.63. The first-order chi connectivity index (χ1) is 8.13. The lowest BCUT2D eigenvalue weighted by atomic mass is 10.5. The van der Waals surface area contributed by atoms with Gasteiger partial charge in [0.15, 0.2) is 5.16 Å². The summed E-state index contributed by atoms with van der Waals surface area (Å²) in [4.78, 5) is 32.0. The molecule has 0 radical (unpaired) electrons. The van der Waals surface area contributed by atoms with Crippen molar-refractivity contribution in [2.45, 2.75) is 5.16 Å². The number of aromatic nitrogens is 2. The van der Waals surface area contributed by atoms with E-state index in [0.29, 0.717) is 5.16 Å². The Morgan fingerprint density at radius 2 is 2.06 bits per heavy atom. The molecule has 17 heavy (non-hydrogen) atoms. The van der Waals surface area contributed by atoms with Gasteiger partial charge in [-0.1, -0.05) is 11.8 Å². The summed E-state index contributed by atoms with van der Waals surface area (Å²) in [5, 5.41) is 3.01. The second-order valence-corrected chi connectivity index (χ2v) is 4.19. The van der Waals surface area contributed by atoms with Crippen LogP contribution in [0.15, 0.2) is 23.6 Å². The van der Waals surface area contributed by atoms with Crippen LogP contribution < -0.4 is 5.32 Å². The first-order valence-electron chi connectivity index (χ1n) is 4.98. The van der Waals surface area contributed by atoms with Crippen LogP contribution in [0.2, 0.25) is 0 Å². The Morgan fingerprint density at radius 3 is 2.65 bits per heavy atom. The van der Waals surface area contributed by atoms with Crippen molar-refractivity contribution in [1.29, 1.82) is 0 Å². The lowest BCUT2D eigenvalue weighted by molar-refractivity contribution is -0.132. The number of carbonyl (C=O) groups is 2. The fraction of sp³-hybridized carbons (Fsp3) is 0.400. The fourth-order valence-corrected chi connectivity index (χ4v) is 1.72. The molecule has 1 aromatic rings. The van der Waals surface area contributed by atoms with Crippen LogP contribution in [-0.4, -0.2) is 53.1 Å². The number of likely N-dealkylation sites (N-methyl/N-ethyl adjacent to an activating group) is 2. The summed E-state index contributed by atoms with van der Waals surface area (Å²) in [5.41, 5.74) is 0. The van der Waals surface area contributed by atoms with Crippen molar-refractivity contribution in [2.75, 3.05) is 26.4 Å². The predicted octanol–water partition coefficient (Wildman–Crippen LogP) is -0.227. The van der Waals surface area contributed by atoms with E-state index in [1.54, 1.807) is 25.5 Å². The zero-order valence-electron chi connectivity index (χ0n) is 9.71. The van der Waals surface area contributed by atoms with E-state index in [2.05, 4.69) is 15.3 Å². The van der Waals surface area contributed by atoms with Crippen LogP contribution in [-0.2, 0) is 9.59 Å². The molecule has 0 atom stereocenters. The first-order valence-corrected chi connectivity index (χ1v) is 5.96. The van der Waals surface area contributed by atoms with Crippen molar-refractivity contribution in [1.82, 2.24) is 20.2 Å². The van der Waals surface area contributed by atoms with Crippen LogP contribution in [0.5, 0.6) is 0 Å². The first kappa shape index (κ1) is 13.4. The summed E-state index contributed by atoms with van der Waals surface area (Å²) >= 11 is 1.25. The summed E-state index contributed by atoms with van der Waals surface area (Å²) in [7, 11) is 3.12. The number of nitrogens with one attached hydrogen (secondary N) is 1. The summed E-state index contributed by atoms with van der Waals surface area (Å²) in [6.07, 6.45) is 3.24. The van der Waals surface area contributed by atoms with Gasteiger partial charge < -0.3 is 10.2 Å². The summed E-state index contributed by atoms with van der Waals surface area (Å²) in [5.74, 6) is -0.106. The van der Waals surface area contributed by atoms with Gasteiger partial charge in [0.05, 0.1) is 12.3 Å². The fourth-order valence-electron chi connectivity index (χ4n) is 0.979. The zero-order valence-corrected chi connectivity index (χ0v) is 10.5. The molecule has 0 unspecified atom stereocenters. The van der Waals surface area contributed by atoms with Crippen molar-refractivity contribution >= 4 is 23.6 Å². The molecule has 0 aromatic carbocycles. The van der Waals surface area contributed by atoms with E-state index >= 15 is 0 Å². The second kappa shape index (κ2) is 6.85. The molecule has 0 aliphatic carbocycles. The molecule has 1 N–H and O–H groups in total. The molecule has 1 rings (SSSR count). The van der Waals surface area contributed by atoms with Gasteiger partial charge in [0.1, 0.15) is 0 Å². The number of carbonyl (C=O) groups excluding carboxylic acids is 2. The van der Waals surface area contributed by atoms with Gasteiger partial charge in [0.25, 0.3) is 0 Å². The van der Waals surface area contributed by atoms with Crippen LogP contribution in [0.1, 0.15) is 0 Å². The number of amides is 2. The number of nitrogens with zero attached hydrogens (tertiary/aromatic N) is 3. The molecule has 1 heterocycles. The number of rotatable bonds is 5. The SMILES string of the molecule is CNC(=O)CN(C)C(=O)CSc1ncccn1. The molecule has 0 aliphatic heterocycles. The maximum absolute atomic E-state index is 11.6. The molecular weight excluding hydrogens is 240 g/mol. The number of thioether (sulfide) groups is 1. The number of hydrogen-bond acceptors (Lipinski definition) is 5. The predicted molar refractivity (Wildman–Crippen MR) is 64.5 cm³/mol. The highest BCUT2D eigenvalue weighted by molar-refractivity contribution is 7.99. The van der Waals surface area contributed by atoms with Crippen LogP contribution in [0.4, 0.5) is 0 Å². The minimum absolute atomic E-state index is 0.0611. The van der Waals surface area contributed by atoms with E-state index in [4.69, 9.17) is 0 Å². The highest BCUT2D eigenvalue weighted by Crippen LogP contribution is 2.11. The monoisotopic (exact) mass is 254 g/mol. The highest BCUT2D eigenvalue weighted by atomic mass is 32.2. The molecule has 7 heteroatoms. The average molecular weight is 254 g/mol. The zero-order chi connectivity index (χ0) is 12.7. The van der Waals surface area contributed by atoms with Crippen molar-refractivity contribution < 1.29 is 9.59 Å². The summed E-state index contributed by atoms with van der Waals surface area (Å²) in [6, 6.07) is 1.71. The normalized spacial score (nSPS) is 9.76. The van der Waals surface area contributed by atoms with Crippen molar-refractivity contribution in [3.05, 3.63) is 18.5 Å². The standard InChI is InChI=1S/C10H14N4O2S/c1-11-8(15)6-14(2)9(16)7-17-10-12-4-3-5-13-10/h3-5H,6-7H2,1-2H3,(H,11,15). The van der Waals surface area contributed by atoms with Gasteiger partial charge in [0.2, 0.25) is 11.8 Å². The van der Waals surface area contributed by atoms with Gasteiger partial charge in [0, 0.05) is 26.5 Å². The Kier molecular flexibility index (Phi) is 5.41. The highest BCUT2D eigenvalue weighted by Gasteiger charge is 2.12. The Morgan fingerprint density at radius 1 is 1.41 bits per heavy atom. The summed E-state index contributed by atoms with van der Waals surface area (Å²) in [6.45, 7) is 0.0611. The Bertz CT molecular complexity index is 385. The van der Waals surface area contributed by atoms with Crippen LogP contribution in [0.25, 0.3) is 0 Å². The molecule has 92 valence electrons. The van der Waals surface area contributed by atoms with Crippen molar-refractivity contribution in [3.8, 4) is 0 Å². The van der Waals surface area contributed by atoms with E-state index in [9.17, 15) is 9.59 Å². The third-order valence-corrected chi connectivity index (χ3v) is 2.81. The molecule has 1 aromatic heterocycles. The minimum atomic E-state index is -0.193. The van der Waals surface area contributed by atoms with Crippen LogP contribution in [0, 0.1) is 0 Å². The molecule has 0 saturated heterocycles. The molecular formula is C10H14N4O2S. The number of hydrogen-bond donors (Lipinski definition) is 1. The van der Waals surface area contributed by atoms with Crippen molar-refractivity contribution in [3.63, 3.8) is 0 Å². The molecule has 0 spiro atoms. The van der Waals surface area contributed by atoms with E-state index in [0.717, 1.165) is 0 Å².